The summed E-state index contributed by atoms with van der Waals surface area (Å²) in [6.45, 7) is 4.77. The predicted molar refractivity (Wildman–Crippen MR) is 70.5 cm³/mol. The van der Waals surface area contributed by atoms with Crippen molar-refractivity contribution >= 4 is 11.4 Å². The number of hydrogen-bond acceptors (Lipinski definition) is 3. The average molecular weight is 229 g/mol. The van der Waals surface area contributed by atoms with Crippen LogP contribution in [0.5, 0.6) is 0 Å². The first-order chi connectivity index (χ1) is 8.33. The van der Waals surface area contributed by atoms with Gasteiger partial charge in [-0.05, 0) is 42.0 Å². The summed E-state index contributed by atoms with van der Waals surface area (Å²) in [7, 11) is 0. The molecule has 0 aromatic heterocycles. The quantitative estimate of drug-likeness (QED) is 0.660. The van der Waals surface area contributed by atoms with Crippen LogP contribution in [0.1, 0.15) is 23.5 Å². The van der Waals surface area contributed by atoms with Gasteiger partial charge >= 0.3 is 0 Å². The summed E-state index contributed by atoms with van der Waals surface area (Å²) in [5, 5.41) is 3.54. The highest BCUT2D eigenvalue weighted by Gasteiger charge is 2.38. The molecule has 1 aromatic carbocycles. The van der Waals surface area contributed by atoms with Gasteiger partial charge in [0.15, 0.2) is 0 Å². The lowest BCUT2D eigenvalue weighted by Crippen LogP contribution is -2.41. The fourth-order valence-electron chi connectivity index (χ4n) is 3.93. The molecule has 3 N–H and O–H groups in total. The molecule has 2 unspecified atom stereocenters. The molecule has 3 aliphatic heterocycles. The molecular formula is C14H19N3. The monoisotopic (exact) mass is 229 g/mol. The van der Waals surface area contributed by atoms with E-state index in [4.69, 9.17) is 5.73 Å². The Labute approximate surface area is 102 Å². The summed E-state index contributed by atoms with van der Waals surface area (Å²) in [6, 6.07) is 4.41. The van der Waals surface area contributed by atoms with Gasteiger partial charge in [-0.25, -0.2) is 0 Å². The van der Waals surface area contributed by atoms with Gasteiger partial charge in [0.05, 0.1) is 0 Å². The smallest absolute Gasteiger partial charge is 0.0436 e. The number of nitrogens with one attached hydrogen (secondary N) is 1. The van der Waals surface area contributed by atoms with Gasteiger partial charge < -0.3 is 16.0 Å². The van der Waals surface area contributed by atoms with Gasteiger partial charge in [0, 0.05) is 43.5 Å². The minimum Gasteiger partial charge on any atom is -0.399 e. The summed E-state index contributed by atoms with van der Waals surface area (Å²) < 4.78 is 0. The molecule has 3 heteroatoms. The molecule has 3 heterocycles. The molecule has 17 heavy (non-hydrogen) atoms. The molecule has 4 rings (SSSR count). The van der Waals surface area contributed by atoms with Crippen molar-refractivity contribution < 1.29 is 0 Å². The van der Waals surface area contributed by atoms with E-state index in [0.29, 0.717) is 5.92 Å². The Morgan fingerprint density at radius 1 is 1.29 bits per heavy atom. The van der Waals surface area contributed by atoms with Crippen LogP contribution in [0.2, 0.25) is 0 Å². The lowest BCUT2D eigenvalue weighted by Gasteiger charge is -2.42. The van der Waals surface area contributed by atoms with Gasteiger partial charge in [-0.1, -0.05) is 0 Å². The van der Waals surface area contributed by atoms with Crippen molar-refractivity contribution in [2.45, 2.75) is 18.8 Å². The lowest BCUT2D eigenvalue weighted by atomic mass is 9.80. The highest BCUT2D eigenvalue weighted by molar-refractivity contribution is 5.69. The number of rotatable bonds is 0. The summed E-state index contributed by atoms with van der Waals surface area (Å²) in [6.07, 6.45) is 2.48. The van der Waals surface area contributed by atoms with Gasteiger partial charge in [0.25, 0.3) is 0 Å². The average Bonchev–Trinajstić information content (AvgIpc) is 2.77. The number of nitrogens with two attached hydrogens (primary N) is 1. The van der Waals surface area contributed by atoms with Crippen molar-refractivity contribution in [3.63, 3.8) is 0 Å². The second-order valence-corrected chi connectivity index (χ2v) is 5.69. The fourth-order valence-corrected chi connectivity index (χ4v) is 3.93. The van der Waals surface area contributed by atoms with E-state index in [2.05, 4.69) is 22.3 Å². The van der Waals surface area contributed by atoms with Crippen molar-refractivity contribution in [2.24, 2.45) is 5.92 Å². The first kappa shape index (κ1) is 9.77. The fraction of sp³-hybridized carbons (Fsp3) is 0.571. The van der Waals surface area contributed by atoms with Gasteiger partial charge in [-0.3, -0.25) is 0 Å². The second kappa shape index (κ2) is 3.39. The standard InChI is InChI=1S/C14H19N3/c15-11-4-9-2-1-3-17-8-10-6-16-7-13(10)12(5-11)14(9)17/h4-5,10,13,16H,1-3,6-8,15H2. The van der Waals surface area contributed by atoms with Crippen LogP contribution in [0.25, 0.3) is 0 Å². The van der Waals surface area contributed by atoms with Crippen LogP contribution < -0.4 is 16.0 Å². The van der Waals surface area contributed by atoms with Crippen LogP contribution in [0.4, 0.5) is 11.4 Å². The molecule has 0 bridgehead atoms. The Morgan fingerprint density at radius 3 is 3.18 bits per heavy atom. The Balaban J connectivity index is 1.93. The molecule has 3 aliphatic rings. The first-order valence-corrected chi connectivity index (χ1v) is 6.71. The van der Waals surface area contributed by atoms with Crippen LogP contribution >= 0.6 is 0 Å². The maximum Gasteiger partial charge on any atom is 0.0436 e. The number of nitrogen functional groups attached to an aromatic ring is 1. The highest BCUT2D eigenvalue weighted by atomic mass is 15.2. The van der Waals surface area contributed by atoms with Gasteiger partial charge in [0.1, 0.15) is 0 Å². The Bertz CT molecular complexity index is 469. The summed E-state index contributed by atoms with van der Waals surface area (Å²) in [4.78, 5) is 2.60. The molecule has 0 amide bonds. The third-order valence-electron chi connectivity index (χ3n) is 4.63. The zero-order valence-corrected chi connectivity index (χ0v) is 10.1. The van der Waals surface area contributed by atoms with Gasteiger partial charge in [-0.2, -0.15) is 0 Å². The maximum atomic E-state index is 6.07. The minimum atomic E-state index is 0.696. The van der Waals surface area contributed by atoms with Crippen molar-refractivity contribution in [3.05, 3.63) is 23.3 Å². The topological polar surface area (TPSA) is 41.3 Å². The van der Waals surface area contributed by atoms with E-state index < -0.39 is 0 Å². The predicted octanol–water partition coefficient (Wildman–Crippen LogP) is 1.34. The second-order valence-electron chi connectivity index (χ2n) is 5.69. The van der Waals surface area contributed by atoms with Crippen LogP contribution in [0.15, 0.2) is 12.1 Å². The first-order valence-electron chi connectivity index (χ1n) is 6.71. The summed E-state index contributed by atoms with van der Waals surface area (Å²) >= 11 is 0. The SMILES string of the molecule is Nc1cc2c3c(c1)C1CNCC1CN3CCC2. The zero-order valence-electron chi connectivity index (χ0n) is 10.1. The molecule has 1 aromatic rings. The van der Waals surface area contributed by atoms with Crippen LogP contribution in [-0.4, -0.2) is 26.2 Å². The largest absolute Gasteiger partial charge is 0.399 e. The summed E-state index contributed by atoms with van der Waals surface area (Å²) in [5.41, 5.74) is 11.5. The third-order valence-corrected chi connectivity index (χ3v) is 4.63. The molecule has 1 saturated heterocycles. The Hall–Kier alpha value is -1.22. The molecule has 0 saturated carbocycles. The number of nitrogens with zero attached hydrogens (tertiary/aromatic N) is 1. The molecule has 0 aliphatic carbocycles. The zero-order chi connectivity index (χ0) is 11.4. The van der Waals surface area contributed by atoms with E-state index in [0.717, 1.165) is 18.2 Å². The molecule has 2 atom stereocenters. The number of benzene rings is 1. The highest BCUT2D eigenvalue weighted by Crippen LogP contribution is 2.45. The van der Waals surface area contributed by atoms with E-state index in [9.17, 15) is 0 Å². The Morgan fingerprint density at radius 2 is 2.24 bits per heavy atom. The molecular weight excluding hydrogens is 210 g/mol. The van der Waals surface area contributed by atoms with Gasteiger partial charge in [-0.15, -0.1) is 0 Å². The third kappa shape index (κ3) is 1.32. The van der Waals surface area contributed by atoms with Crippen LogP contribution in [0.3, 0.4) is 0 Å². The lowest BCUT2D eigenvalue weighted by molar-refractivity contribution is 0.470. The molecule has 0 spiro atoms. The number of aryl methyl sites for hydroxylation is 1. The van der Waals surface area contributed by atoms with Crippen LogP contribution in [0, 0.1) is 5.92 Å². The molecule has 3 nitrogen and oxygen atoms in total. The molecule has 1 fully saturated rings. The normalized spacial score (nSPS) is 30.0. The van der Waals surface area contributed by atoms with Crippen molar-refractivity contribution in [3.8, 4) is 0 Å². The number of fused-ring (bicyclic) bond motifs is 2. The molecule has 90 valence electrons. The van der Waals surface area contributed by atoms with Crippen LogP contribution in [-0.2, 0) is 6.42 Å². The number of anilines is 2. The Kier molecular flexibility index (Phi) is 1.95. The van der Waals surface area contributed by atoms with Gasteiger partial charge in [0.2, 0.25) is 0 Å². The van der Waals surface area contributed by atoms with E-state index in [-0.39, 0.29) is 0 Å². The number of hydrogen-bond donors (Lipinski definition) is 2. The van der Waals surface area contributed by atoms with E-state index in [1.54, 1.807) is 0 Å². The van der Waals surface area contributed by atoms with E-state index in [1.807, 2.05) is 0 Å². The minimum absolute atomic E-state index is 0.696. The van der Waals surface area contributed by atoms with Crippen molar-refractivity contribution in [2.75, 3.05) is 36.8 Å². The van der Waals surface area contributed by atoms with Crippen molar-refractivity contribution in [1.29, 1.82) is 0 Å². The summed E-state index contributed by atoms with van der Waals surface area (Å²) in [5.74, 6) is 1.48. The maximum absolute atomic E-state index is 6.07. The van der Waals surface area contributed by atoms with E-state index >= 15 is 0 Å². The molecule has 0 radical (unpaired) electrons. The van der Waals surface area contributed by atoms with E-state index in [1.165, 1.54) is 49.3 Å². The van der Waals surface area contributed by atoms with Crippen molar-refractivity contribution in [1.82, 2.24) is 5.32 Å².